The molecular formula is C11H18F3NO3. The monoisotopic (exact) mass is 269 g/mol. The summed E-state index contributed by atoms with van der Waals surface area (Å²) in [4.78, 5) is 12.7. The zero-order valence-electron chi connectivity index (χ0n) is 10.3. The Balaban J connectivity index is 2.53. The number of carboxylic acid groups (broad SMARTS) is 1. The molecule has 0 spiro atoms. The Morgan fingerprint density at radius 1 is 1.39 bits per heavy atom. The first-order valence-electron chi connectivity index (χ1n) is 5.82. The van der Waals surface area contributed by atoms with Gasteiger partial charge < -0.3 is 14.7 Å². The molecule has 1 rings (SSSR count). The van der Waals surface area contributed by atoms with Crippen molar-refractivity contribution in [1.29, 1.82) is 0 Å². The fourth-order valence-corrected chi connectivity index (χ4v) is 2.12. The molecule has 0 radical (unpaired) electrons. The standard InChI is InChI=1S/C11H18F3NO3/c1-15(5-2-11(12,13)14)8-10(9(16)17)3-6-18-7-4-10/h2-8H2,1H3,(H,16,17). The summed E-state index contributed by atoms with van der Waals surface area (Å²) in [5.41, 5.74) is -0.974. The highest BCUT2D eigenvalue weighted by molar-refractivity contribution is 5.75. The van der Waals surface area contributed by atoms with Crippen molar-refractivity contribution in [1.82, 2.24) is 4.90 Å². The molecule has 0 amide bonds. The van der Waals surface area contributed by atoms with Crippen molar-refractivity contribution in [3.63, 3.8) is 0 Å². The van der Waals surface area contributed by atoms with E-state index in [-0.39, 0.29) is 13.1 Å². The molecule has 1 saturated heterocycles. The van der Waals surface area contributed by atoms with Crippen molar-refractivity contribution in [2.24, 2.45) is 5.41 Å². The van der Waals surface area contributed by atoms with E-state index in [0.29, 0.717) is 26.1 Å². The van der Waals surface area contributed by atoms with Gasteiger partial charge in [0.15, 0.2) is 0 Å². The van der Waals surface area contributed by atoms with E-state index >= 15 is 0 Å². The minimum atomic E-state index is -4.21. The first-order chi connectivity index (χ1) is 8.25. The molecule has 0 aliphatic carbocycles. The smallest absolute Gasteiger partial charge is 0.390 e. The van der Waals surface area contributed by atoms with E-state index in [1.165, 1.54) is 11.9 Å². The van der Waals surface area contributed by atoms with Gasteiger partial charge in [-0.2, -0.15) is 13.2 Å². The fraction of sp³-hybridized carbons (Fsp3) is 0.909. The first kappa shape index (κ1) is 15.2. The minimum Gasteiger partial charge on any atom is -0.481 e. The Morgan fingerprint density at radius 3 is 2.39 bits per heavy atom. The van der Waals surface area contributed by atoms with Crippen LogP contribution < -0.4 is 0 Å². The van der Waals surface area contributed by atoms with Gasteiger partial charge in [0, 0.05) is 26.3 Å². The Labute approximate surface area is 104 Å². The Bertz CT molecular complexity index is 288. The van der Waals surface area contributed by atoms with Crippen LogP contribution >= 0.6 is 0 Å². The van der Waals surface area contributed by atoms with Gasteiger partial charge in [-0.25, -0.2) is 0 Å². The highest BCUT2D eigenvalue weighted by Crippen LogP contribution is 2.32. The van der Waals surface area contributed by atoms with Gasteiger partial charge >= 0.3 is 12.1 Å². The quantitative estimate of drug-likeness (QED) is 0.826. The topological polar surface area (TPSA) is 49.8 Å². The Hall–Kier alpha value is -0.820. The van der Waals surface area contributed by atoms with Crippen LogP contribution in [0.25, 0.3) is 0 Å². The van der Waals surface area contributed by atoms with E-state index in [9.17, 15) is 23.1 Å². The number of halogens is 3. The first-order valence-corrected chi connectivity index (χ1v) is 5.82. The highest BCUT2D eigenvalue weighted by atomic mass is 19.4. The molecule has 1 fully saturated rings. The molecule has 0 saturated carbocycles. The lowest BCUT2D eigenvalue weighted by molar-refractivity contribution is -0.157. The molecule has 1 aliphatic heterocycles. The molecule has 0 unspecified atom stereocenters. The van der Waals surface area contributed by atoms with Crippen LogP contribution in [0.2, 0.25) is 0 Å². The molecular weight excluding hydrogens is 251 g/mol. The number of rotatable bonds is 5. The number of nitrogens with zero attached hydrogens (tertiary/aromatic N) is 1. The lowest BCUT2D eigenvalue weighted by Crippen LogP contribution is -2.46. The predicted octanol–water partition coefficient (Wildman–Crippen LogP) is 1.75. The maximum Gasteiger partial charge on any atom is 0.390 e. The van der Waals surface area contributed by atoms with Crippen LogP contribution in [0.3, 0.4) is 0 Å². The molecule has 0 aromatic rings. The minimum absolute atomic E-state index is 0.127. The van der Waals surface area contributed by atoms with Crippen LogP contribution in [0, 0.1) is 5.41 Å². The van der Waals surface area contributed by atoms with Crippen molar-refractivity contribution in [2.45, 2.75) is 25.4 Å². The molecule has 1 heterocycles. The fourth-order valence-electron chi connectivity index (χ4n) is 2.12. The molecule has 4 nitrogen and oxygen atoms in total. The van der Waals surface area contributed by atoms with Gasteiger partial charge in [-0.05, 0) is 19.9 Å². The van der Waals surface area contributed by atoms with Crippen molar-refractivity contribution >= 4 is 5.97 Å². The second kappa shape index (κ2) is 5.88. The lowest BCUT2D eigenvalue weighted by Gasteiger charge is -2.36. The van der Waals surface area contributed by atoms with Crippen LogP contribution in [0.1, 0.15) is 19.3 Å². The average molecular weight is 269 g/mol. The second-order valence-corrected chi connectivity index (χ2v) is 4.80. The number of ether oxygens (including phenoxy) is 1. The second-order valence-electron chi connectivity index (χ2n) is 4.80. The third kappa shape index (κ3) is 4.45. The zero-order valence-corrected chi connectivity index (χ0v) is 10.3. The maximum atomic E-state index is 12.1. The normalized spacial score (nSPS) is 20.1. The largest absolute Gasteiger partial charge is 0.481 e. The Morgan fingerprint density at radius 2 is 1.94 bits per heavy atom. The zero-order chi connectivity index (χ0) is 13.8. The average Bonchev–Trinajstić information content (AvgIpc) is 2.26. The van der Waals surface area contributed by atoms with E-state index in [4.69, 9.17) is 4.74 Å². The predicted molar refractivity (Wildman–Crippen MR) is 58.3 cm³/mol. The van der Waals surface area contributed by atoms with E-state index in [1.807, 2.05) is 0 Å². The number of hydrogen-bond acceptors (Lipinski definition) is 3. The molecule has 0 atom stereocenters. The van der Waals surface area contributed by atoms with Gasteiger partial charge in [-0.3, -0.25) is 4.79 Å². The third-order valence-electron chi connectivity index (χ3n) is 3.25. The SMILES string of the molecule is CN(CCC(F)(F)F)CC1(C(=O)O)CCOCC1. The Kier molecular flexibility index (Phi) is 4.98. The van der Waals surface area contributed by atoms with E-state index in [0.717, 1.165) is 0 Å². The molecule has 1 aliphatic rings. The highest BCUT2D eigenvalue weighted by Gasteiger charge is 2.41. The van der Waals surface area contributed by atoms with E-state index in [2.05, 4.69) is 0 Å². The van der Waals surface area contributed by atoms with Crippen molar-refractivity contribution in [3.8, 4) is 0 Å². The van der Waals surface area contributed by atoms with Gasteiger partial charge in [-0.1, -0.05) is 0 Å². The molecule has 7 heteroatoms. The summed E-state index contributed by atoms with van der Waals surface area (Å²) < 4.78 is 41.4. The number of carboxylic acids is 1. The van der Waals surface area contributed by atoms with Gasteiger partial charge in [-0.15, -0.1) is 0 Å². The summed E-state index contributed by atoms with van der Waals surface area (Å²) in [6, 6.07) is 0. The van der Waals surface area contributed by atoms with Crippen LogP contribution in [-0.2, 0) is 9.53 Å². The van der Waals surface area contributed by atoms with Crippen LogP contribution in [0.15, 0.2) is 0 Å². The summed E-state index contributed by atoms with van der Waals surface area (Å²) in [7, 11) is 1.52. The lowest BCUT2D eigenvalue weighted by atomic mass is 9.80. The van der Waals surface area contributed by atoms with Crippen molar-refractivity contribution in [3.05, 3.63) is 0 Å². The molecule has 0 aromatic heterocycles. The van der Waals surface area contributed by atoms with Gasteiger partial charge in [0.05, 0.1) is 11.8 Å². The third-order valence-corrected chi connectivity index (χ3v) is 3.25. The van der Waals surface area contributed by atoms with E-state index in [1.54, 1.807) is 0 Å². The van der Waals surface area contributed by atoms with Crippen LogP contribution in [-0.4, -0.2) is 55.5 Å². The van der Waals surface area contributed by atoms with Gasteiger partial charge in [0.2, 0.25) is 0 Å². The summed E-state index contributed by atoms with van der Waals surface area (Å²) in [6.45, 7) is 0.639. The summed E-state index contributed by atoms with van der Waals surface area (Å²) in [5.74, 6) is -0.954. The van der Waals surface area contributed by atoms with Crippen LogP contribution in [0.5, 0.6) is 0 Å². The number of hydrogen-bond donors (Lipinski definition) is 1. The summed E-state index contributed by atoms with van der Waals surface area (Å²) in [6.07, 6.45) is -4.44. The van der Waals surface area contributed by atoms with Gasteiger partial charge in [0.1, 0.15) is 0 Å². The number of aliphatic carboxylic acids is 1. The number of alkyl halides is 3. The van der Waals surface area contributed by atoms with Gasteiger partial charge in [0.25, 0.3) is 0 Å². The number of carbonyl (C=O) groups is 1. The van der Waals surface area contributed by atoms with Crippen molar-refractivity contribution < 1.29 is 27.8 Å². The molecule has 106 valence electrons. The maximum absolute atomic E-state index is 12.1. The summed E-state index contributed by atoms with van der Waals surface area (Å²) in [5, 5.41) is 9.26. The molecule has 0 aromatic carbocycles. The molecule has 0 bridgehead atoms. The van der Waals surface area contributed by atoms with Crippen molar-refractivity contribution in [2.75, 3.05) is 33.4 Å². The van der Waals surface area contributed by atoms with Crippen LogP contribution in [0.4, 0.5) is 13.2 Å². The molecule has 1 N–H and O–H groups in total. The molecule has 18 heavy (non-hydrogen) atoms. The summed E-state index contributed by atoms with van der Waals surface area (Å²) >= 11 is 0. The van der Waals surface area contributed by atoms with E-state index < -0.39 is 24.0 Å².